The molecule has 0 heterocycles. The summed E-state index contributed by atoms with van der Waals surface area (Å²) in [5.74, 6) is -1.65. The normalized spacial score (nSPS) is 8.73. The number of hydrazone groups is 1. The summed E-state index contributed by atoms with van der Waals surface area (Å²) in [4.78, 5) is 19.8. The molecule has 0 atom stereocenters. The first-order chi connectivity index (χ1) is 4.63. The number of carbonyl (C=O) groups is 2. The van der Waals surface area contributed by atoms with E-state index < -0.39 is 11.9 Å². The Bertz CT molecular complexity index is 151. The fraction of sp³-hybridized carbons (Fsp3) is 0.200. The summed E-state index contributed by atoms with van der Waals surface area (Å²) >= 11 is 0. The van der Waals surface area contributed by atoms with E-state index >= 15 is 0 Å². The van der Waals surface area contributed by atoms with Gasteiger partial charge in [0.1, 0.15) is 0 Å². The van der Waals surface area contributed by atoms with E-state index in [1.807, 2.05) is 5.43 Å². The van der Waals surface area contributed by atoms with E-state index in [1.165, 1.54) is 0 Å². The van der Waals surface area contributed by atoms with Gasteiger partial charge in [0, 0.05) is 32.7 Å². The number of carboxylic acid groups (broad SMARTS) is 1. The Kier molecular flexibility index (Phi) is 9.22. The van der Waals surface area contributed by atoms with Crippen LogP contribution in [0.1, 0.15) is 6.42 Å². The molecule has 11 heavy (non-hydrogen) atoms. The quantitative estimate of drug-likeness (QED) is 0.382. The zero-order valence-corrected chi connectivity index (χ0v) is 8.54. The standard InChI is InChI=1S/C5H6N2O3.Y/c1-4(8)7-6-3-2-5(9)10;/h1-2H2,(H,7,8)(H,9,10);/q-2;. The molecule has 0 aromatic carbocycles. The maximum Gasteiger partial charge on any atom is 0.275 e. The van der Waals surface area contributed by atoms with Crippen molar-refractivity contribution in [3.8, 4) is 0 Å². The van der Waals surface area contributed by atoms with Crippen molar-refractivity contribution in [1.82, 2.24) is 5.43 Å². The van der Waals surface area contributed by atoms with Gasteiger partial charge in [0.25, 0.3) is 5.97 Å². The van der Waals surface area contributed by atoms with E-state index in [2.05, 4.69) is 18.2 Å². The van der Waals surface area contributed by atoms with Crippen LogP contribution in [0.4, 0.5) is 0 Å². The number of aliphatic carboxylic acids is 1. The molecule has 5 nitrogen and oxygen atoms in total. The van der Waals surface area contributed by atoms with Gasteiger partial charge in [-0.2, -0.15) is 0 Å². The molecular weight excluding hydrogens is 225 g/mol. The molecule has 1 radical (unpaired) electrons. The van der Waals surface area contributed by atoms with Gasteiger partial charge in [-0.3, -0.25) is 4.79 Å². The summed E-state index contributed by atoms with van der Waals surface area (Å²) in [6.07, 6.45) is 1.74. The van der Waals surface area contributed by atoms with Crippen LogP contribution in [0.3, 0.4) is 0 Å². The predicted molar refractivity (Wildman–Crippen MR) is 33.2 cm³/mol. The fourth-order valence-electron chi connectivity index (χ4n) is 0.209. The van der Waals surface area contributed by atoms with Gasteiger partial charge in [0.2, 0.25) is 0 Å². The summed E-state index contributed by atoms with van der Waals surface area (Å²) in [7, 11) is 0. The van der Waals surface area contributed by atoms with Gasteiger partial charge >= 0.3 is 0 Å². The SMILES string of the molecule is [CH2-]C(=O)NN=[C-]CC(=O)O.[Y]. The largest absolute Gasteiger partial charge is 0.483 e. The van der Waals surface area contributed by atoms with Gasteiger partial charge in [0.15, 0.2) is 0 Å². The van der Waals surface area contributed by atoms with Gasteiger partial charge in [-0.15, -0.1) is 0 Å². The minimum absolute atomic E-state index is 0. The van der Waals surface area contributed by atoms with Crippen LogP contribution in [0.5, 0.6) is 0 Å². The number of hydrogen-bond acceptors (Lipinski definition) is 3. The molecule has 1 amide bonds. The number of amides is 1. The zero-order valence-electron chi connectivity index (χ0n) is 5.70. The Labute approximate surface area is 89.1 Å². The molecule has 0 fully saturated rings. The predicted octanol–water partition coefficient (Wildman–Crippen LogP) is -0.728. The Morgan fingerprint density at radius 3 is 2.55 bits per heavy atom. The molecule has 0 aromatic heterocycles. The molecule has 0 aliphatic rings. The van der Waals surface area contributed by atoms with Gasteiger partial charge in [0.05, 0.1) is 5.91 Å². The number of carbonyl (C=O) groups excluding carboxylic acids is 1. The molecule has 0 rings (SSSR count). The Morgan fingerprint density at radius 1 is 1.64 bits per heavy atom. The van der Waals surface area contributed by atoms with Crippen molar-refractivity contribution in [3.63, 3.8) is 0 Å². The first-order valence-corrected chi connectivity index (χ1v) is 2.39. The fourth-order valence-corrected chi connectivity index (χ4v) is 0.209. The second-order valence-corrected chi connectivity index (χ2v) is 1.38. The van der Waals surface area contributed by atoms with E-state index in [0.29, 0.717) is 0 Å². The van der Waals surface area contributed by atoms with Crippen LogP contribution in [0.25, 0.3) is 0 Å². The summed E-state index contributed by atoms with van der Waals surface area (Å²) < 4.78 is 0. The van der Waals surface area contributed by atoms with Crippen molar-refractivity contribution in [1.29, 1.82) is 0 Å². The van der Waals surface area contributed by atoms with Crippen molar-refractivity contribution in [2.75, 3.05) is 0 Å². The van der Waals surface area contributed by atoms with Crippen LogP contribution in [0.2, 0.25) is 0 Å². The second-order valence-electron chi connectivity index (χ2n) is 1.38. The topological polar surface area (TPSA) is 78.8 Å². The third kappa shape index (κ3) is 12.7. The minimum Gasteiger partial charge on any atom is -0.483 e. The number of nitrogens with one attached hydrogen (secondary N) is 1. The molecule has 59 valence electrons. The molecule has 0 aliphatic carbocycles. The van der Waals surface area contributed by atoms with E-state index in [-0.39, 0.29) is 39.1 Å². The maximum atomic E-state index is 9.99. The molecule has 0 saturated heterocycles. The first-order valence-electron chi connectivity index (χ1n) is 2.39. The van der Waals surface area contributed by atoms with Gasteiger partial charge < -0.3 is 33.6 Å². The Balaban J connectivity index is 0. The maximum absolute atomic E-state index is 9.99. The molecule has 0 saturated carbocycles. The van der Waals surface area contributed by atoms with Crippen molar-refractivity contribution in [3.05, 3.63) is 6.92 Å². The number of carboxylic acids is 1. The third-order valence-corrected chi connectivity index (χ3v) is 0.490. The van der Waals surface area contributed by atoms with Crippen molar-refractivity contribution in [2.45, 2.75) is 6.42 Å². The molecule has 0 aliphatic heterocycles. The Morgan fingerprint density at radius 2 is 2.18 bits per heavy atom. The average molecular weight is 231 g/mol. The van der Waals surface area contributed by atoms with Crippen LogP contribution in [-0.2, 0) is 42.3 Å². The summed E-state index contributed by atoms with van der Waals surface area (Å²) in [6.45, 7) is 2.92. The zero-order chi connectivity index (χ0) is 7.98. The van der Waals surface area contributed by atoms with E-state index in [4.69, 9.17) is 5.11 Å². The third-order valence-electron chi connectivity index (χ3n) is 0.490. The van der Waals surface area contributed by atoms with Crippen molar-refractivity contribution < 1.29 is 47.4 Å². The average Bonchev–Trinajstić information content (AvgIpc) is 1.79. The number of hydrogen-bond donors (Lipinski definition) is 2. The second kappa shape index (κ2) is 7.69. The summed E-state index contributed by atoms with van der Waals surface area (Å²) in [6, 6.07) is 0. The van der Waals surface area contributed by atoms with Crippen LogP contribution >= 0.6 is 0 Å². The van der Waals surface area contributed by atoms with Crippen molar-refractivity contribution in [2.24, 2.45) is 5.10 Å². The van der Waals surface area contributed by atoms with Crippen LogP contribution < -0.4 is 5.43 Å². The van der Waals surface area contributed by atoms with Crippen LogP contribution in [0, 0.1) is 6.92 Å². The van der Waals surface area contributed by atoms with Gasteiger partial charge in [-0.1, -0.05) is 6.42 Å². The Hall–Kier alpha value is -0.416. The molecule has 0 aromatic rings. The van der Waals surface area contributed by atoms with Gasteiger partial charge in [-0.25, -0.2) is 0 Å². The van der Waals surface area contributed by atoms with Crippen LogP contribution in [0.15, 0.2) is 5.10 Å². The smallest absolute Gasteiger partial charge is 0.275 e. The molecular formula is C5H6N2O3Y-2. The summed E-state index contributed by atoms with van der Waals surface area (Å²) in [5, 5.41) is 11.1. The van der Waals surface area contributed by atoms with Crippen molar-refractivity contribution >= 4 is 18.1 Å². The molecule has 0 spiro atoms. The van der Waals surface area contributed by atoms with E-state index in [0.717, 1.165) is 0 Å². The molecule has 6 heteroatoms. The van der Waals surface area contributed by atoms with E-state index in [1.54, 1.807) is 0 Å². The van der Waals surface area contributed by atoms with E-state index in [9.17, 15) is 9.59 Å². The first kappa shape index (κ1) is 13.2. The summed E-state index contributed by atoms with van der Waals surface area (Å²) in [5.41, 5.74) is 1.90. The molecule has 0 bridgehead atoms. The monoisotopic (exact) mass is 231 g/mol. The minimum atomic E-state index is -1.05. The van der Waals surface area contributed by atoms with Crippen LogP contribution in [-0.4, -0.2) is 23.2 Å². The number of nitrogens with zero attached hydrogens (tertiary/aromatic N) is 1. The molecule has 0 unspecified atom stereocenters. The van der Waals surface area contributed by atoms with Gasteiger partial charge in [-0.05, 0) is 0 Å². The molecule has 2 N–H and O–H groups in total. The number of rotatable bonds is 3.